The number of rotatable bonds is 3. The van der Waals surface area contributed by atoms with E-state index < -0.39 is 11.9 Å². The number of aryl methyl sites for hydroxylation is 2. The van der Waals surface area contributed by atoms with Crippen molar-refractivity contribution in [1.82, 2.24) is 14.9 Å². The molecule has 0 unspecified atom stereocenters. The summed E-state index contributed by atoms with van der Waals surface area (Å²) in [6.07, 6.45) is 0.149. The SMILES string of the molecule is Cc1cc(C)nc(N2CCN([C@@H]3CC(=O)N(c4ccc(F)cc4)C3=O)CC2)n1. The van der Waals surface area contributed by atoms with E-state index in [0.717, 1.165) is 11.4 Å². The Hall–Kier alpha value is -2.87. The van der Waals surface area contributed by atoms with Crippen molar-refractivity contribution in [3.05, 3.63) is 47.5 Å². The van der Waals surface area contributed by atoms with Crippen molar-refractivity contribution in [1.29, 1.82) is 0 Å². The second kappa shape index (κ2) is 7.27. The van der Waals surface area contributed by atoms with E-state index >= 15 is 0 Å². The molecule has 0 bridgehead atoms. The van der Waals surface area contributed by atoms with Gasteiger partial charge in [0.1, 0.15) is 5.82 Å². The molecule has 3 heterocycles. The first-order chi connectivity index (χ1) is 13.4. The molecule has 2 aliphatic heterocycles. The third-order valence-electron chi connectivity index (χ3n) is 5.22. The highest BCUT2D eigenvalue weighted by molar-refractivity contribution is 6.22. The lowest BCUT2D eigenvalue weighted by Crippen LogP contribution is -2.53. The summed E-state index contributed by atoms with van der Waals surface area (Å²) in [6, 6.07) is 6.90. The van der Waals surface area contributed by atoms with Crippen LogP contribution < -0.4 is 9.80 Å². The lowest BCUT2D eigenvalue weighted by Gasteiger charge is -2.37. The summed E-state index contributed by atoms with van der Waals surface area (Å²) in [7, 11) is 0. The molecule has 4 rings (SSSR count). The van der Waals surface area contributed by atoms with Crippen molar-refractivity contribution in [2.45, 2.75) is 26.3 Å². The third kappa shape index (κ3) is 3.47. The maximum atomic E-state index is 13.2. The first kappa shape index (κ1) is 18.5. The minimum absolute atomic E-state index is 0.149. The Kier molecular flexibility index (Phi) is 4.80. The molecule has 146 valence electrons. The number of carbonyl (C=O) groups is 2. The topological polar surface area (TPSA) is 69.6 Å². The fourth-order valence-electron chi connectivity index (χ4n) is 3.84. The Morgan fingerprint density at radius 1 is 0.964 bits per heavy atom. The number of nitrogens with zero attached hydrogens (tertiary/aromatic N) is 5. The summed E-state index contributed by atoms with van der Waals surface area (Å²) >= 11 is 0. The van der Waals surface area contributed by atoms with Crippen LogP contribution in [0.1, 0.15) is 17.8 Å². The quantitative estimate of drug-likeness (QED) is 0.752. The molecular formula is C20H22FN5O2. The number of aromatic nitrogens is 2. The number of hydrogen-bond acceptors (Lipinski definition) is 6. The Morgan fingerprint density at radius 2 is 1.57 bits per heavy atom. The molecule has 7 nitrogen and oxygen atoms in total. The van der Waals surface area contributed by atoms with Crippen LogP contribution in [0.15, 0.2) is 30.3 Å². The second-order valence-electron chi connectivity index (χ2n) is 7.24. The van der Waals surface area contributed by atoms with Gasteiger partial charge in [-0.05, 0) is 44.2 Å². The predicted molar refractivity (Wildman–Crippen MR) is 103 cm³/mol. The smallest absolute Gasteiger partial charge is 0.251 e. The van der Waals surface area contributed by atoms with Gasteiger partial charge in [0.05, 0.1) is 18.2 Å². The molecule has 1 aromatic heterocycles. The monoisotopic (exact) mass is 383 g/mol. The summed E-state index contributed by atoms with van der Waals surface area (Å²) in [5, 5.41) is 0. The number of anilines is 2. The first-order valence-electron chi connectivity index (χ1n) is 9.36. The maximum Gasteiger partial charge on any atom is 0.251 e. The van der Waals surface area contributed by atoms with Crippen LogP contribution in [-0.2, 0) is 9.59 Å². The summed E-state index contributed by atoms with van der Waals surface area (Å²) in [6.45, 7) is 6.58. The van der Waals surface area contributed by atoms with E-state index in [0.29, 0.717) is 37.8 Å². The van der Waals surface area contributed by atoms with E-state index in [2.05, 4.69) is 14.9 Å². The van der Waals surface area contributed by atoms with Gasteiger partial charge >= 0.3 is 0 Å². The lowest BCUT2D eigenvalue weighted by atomic mass is 10.2. The van der Waals surface area contributed by atoms with Crippen LogP contribution in [0, 0.1) is 19.7 Å². The second-order valence-corrected chi connectivity index (χ2v) is 7.24. The molecule has 2 saturated heterocycles. The molecule has 0 spiro atoms. The fraction of sp³-hybridized carbons (Fsp3) is 0.400. The Morgan fingerprint density at radius 3 is 2.18 bits per heavy atom. The van der Waals surface area contributed by atoms with Crippen LogP contribution in [0.5, 0.6) is 0 Å². The minimum atomic E-state index is -0.472. The van der Waals surface area contributed by atoms with Crippen molar-refractivity contribution in [3.63, 3.8) is 0 Å². The van der Waals surface area contributed by atoms with Gasteiger partial charge in [0.2, 0.25) is 11.9 Å². The molecule has 1 atom stereocenters. The van der Waals surface area contributed by atoms with Crippen LogP contribution >= 0.6 is 0 Å². The predicted octanol–water partition coefficient (Wildman–Crippen LogP) is 1.69. The molecule has 1 aromatic carbocycles. The zero-order chi connectivity index (χ0) is 19.8. The van der Waals surface area contributed by atoms with Crippen molar-refractivity contribution in [2.24, 2.45) is 0 Å². The molecular weight excluding hydrogens is 361 g/mol. The van der Waals surface area contributed by atoms with Gasteiger partial charge in [0.15, 0.2) is 0 Å². The van der Waals surface area contributed by atoms with Crippen LogP contribution in [0.3, 0.4) is 0 Å². The molecule has 28 heavy (non-hydrogen) atoms. The number of carbonyl (C=O) groups excluding carboxylic acids is 2. The molecule has 0 radical (unpaired) electrons. The van der Waals surface area contributed by atoms with Gasteiger partial charge in [-0.1, -0.05) is 0 Å². The zero-order valence-electron chi connectivity index (χ0n) is 15.9. The van der Waals surface area contributed by atoms with Gasteiger partial charge in [-0.2, -0.15) is 0 Å². The highest BCUT2D eigenvalue weighted by Gasteiger charge is 2.43. The average Bonchev–Trinajstić information content (AvgIpc) is 2.96. The average molecular weight is 383 g/mol. The fourth-order valence-corrected chi connectivity index (χ4v) is 3.84. The molecule has 8 heteroatoms. The van der Waals surface area contributed by atoms with Crippen molar-refractivity contribution in [2.75, 3.05) is 36.0 Å². The Labute approximate surface area is 162 Å². The van der Waals surface area contributed by atoms with E-state index in [1.165, 1.54) is 29.2 Å². The van der Waals surface area contributed by atoms with E-state index in [1.807, 2.05) is 24.8 Å². The van der Waals surface area contributed by atoms with E-state index in [-0.39, 0.29) is 18.2 Å². The van der Waals surface area contributed by atoms with Gasteiger partial charge in [0, 0.05) is 37.6 Å². The molecule has 2 aromatic rings. The normalized spacial score (nSPS) is 20.9. The van der Waals surface area contributed by atoms with E-state index in [9.17, 15) is 14.0 Å². The standard InChI is InChI=1S/C20H22FN5O2/c1-13-11-14(2)23-20(22-13)25-9-7-24(8-10-25)17-12-18(27)26(19(17)28)16-5-3-15(21)4-6-16/h3-6,11,17H,7-10,12H2,1-2H3/t17-/m1/s1. The Balaban J connectivity index is 1.44. The number of halogens is 1. The van der Waals surface area contributed by atoms with Crippen LogP contribution in [0.2, 0.25) is 0 Å². The number of imide groups is 1. The molecule has 2 fully saturated rings. The highest BCUT2D eigenvalue weighted by atomic mass is 19.1. The maximum absolute atomic E-state index is 13.2. The minimum Gasteiger partial charge on any atom is -0.338 e. The van der Waals surface area contributed by atoms with Gasteiger partial charge in [-0.3, -0.25) is 14.5 Å². The molecule has 2 aliphatic rings. The lowest BCUT2D eigenvalue weighted by molar-refractivity contribution is -0.123. The number of amides is 2. The third-order valence-corrected chi connectivity index (χ3v) is 5.22. The van der Waals surface area contributed by atoms with E-state index in [1.54, 1.807) is 0 Å². The molecule has 0 saturated carbocycles. The summed E-state index contributed by atoms with van der Waals surface area (Å²) in [5.41, 5.74) is 2.27. The molecule has 2 amide bonds. The largest absolute Gasteiger partial charge is 0.338 e. The molecule has 0 aliphatic carbocycles. The van der Waals surface area contributed by atoms with E-state index in [4.69, 9.17) is 0 Å². The van der Waals surface area contributed by atoms with Gasteiger partial charge < -0.3 is 4.90 Å². The van der Waals surface area contributed by atoms with Crippen molar-refractivity contribution in [3.8, 4) is 0 Å². The number of piperazine rings is 1. The van der Waals surface area contributed by atoms with Crippen LogP contribution in [0.4, 0.5) is 16.0 Å². The van der Waals surface area contributed by atoms with Crippen LogP contribution in [0.25, 0.3) is 0 Å². The highest BCUT2D eigenvalue weighted by Crippen LogP contribution is 2.27. The molecule has 0 N–H and O–H groups in total. The zero-order valence-corrected chi connectivity index (χ0v) is 15.9. The van der Waals surface area contributed by atoms with Crippen molar-refractivity contribution >= 4 is 23.5 Å². The van der Waals surface area contributed by atoms with Gasteiger partial charge in [-0.25, -0.2) is 19.3 Å². The first-order valence-corrected chi connectivity index (χ1v) is 9.36. The van der Waals surface area contributed by atoms with Crippen molar-refractivity contribution < 1.29 is 14.0 Å². The summed E-state index contributed by atoms with van der Waals surface area (Å²) in [5.74, 6) is -0.183. The van der Waals surface area contributed by atoms with Gasteiger partial charge in [-0.15, -0.1) is 0 Å². The van der Waals surface area contributed by atoms with Gasteiger partial charge in [0.25, 0.3) is 5.91 Å². The van der Waals surface area contributed by atoms with Crippen LogP contribution in [-0.4, -0.2) is 58.9 Å². The Bertz CT molecular complexity index is 889. The summed E-state index contributed by atoms with van der Waals surface area (Å²) < 4.78 is 13.2. The number of hydrogen-bond donors (Lipinski definition) is 0. The number of benzene rings is 1. The summed E-state index contributed by atoms with van der Waals surface area (Å²) in [4.78, 5) is 39.6.